The Bertz CT molecular complexity index is 1170. The zero-order valence-electron chi connectivity index (χ0n) is 19.8. The number of aliphatic hydroxyl groups excluding tert-OH is 1. The average Bonchev–Trinajstić information content (AvgIpc) is 3.19. The van der Waals surface area contributed by atoms with E-state index in [9.17, 15) is 18.0 Å². The van der Waals surface area contributed by atoms with Crippen LogP contribution in [0.5, 0.6) is 17.5 Å². The number of amides is 1. The molecule has 1 amide bonds. The van der Waals surface area contributed by atoms with Crippen LogP contribution in [0.3, 0.4) is 0 Å². The van der Waals surface area contributed by atoms with E-state index in [2.05, 4.69) is 20.4 Å². The van der Waals surface area contributed by atoms with Gasteiger partial charge in [-0.1, -0.05) is 29.8 Å². The van der Waals surface area contributed by atoms with Crippen molar-refractivity contribution in [2.45, 2.75) is 19.3 Å². The van der Waals surface area contributed by atoms with Crippen molar-refractivity contribution in [3.05, 3.63) is 64.8 Å². The van der Waals surface area contributed by atoms with Gasteiger partial charge in [-0.25, -0.2) is 0 Å². The molecule has 0 unspecified atom stereocenters. The molecule has 3 aromatic rings. The van der Waals surface area contributed by atoms with Crippen LogP contribution < -0.4 is 24.8 Å². The molecule has 13 heteroatoms. The number of hydrogen-bond acceptors (Lipinski definition) is 7. The Kier molecular flexibility index (Phi) is 9.86. The van der Waals surface area contributed by atoms with Gasteiger partial charge >= 0.3 is 6.36 Å². The van der Waals surface area contributed by atoms with Crippen LogP contribution in [-0.2, 0) is 6.54 Å². The molecule has 0 atom stereocenters. The number of aliphatic hydroxyl groups is 1. The minimum Gasteiger partial charge on any atom is -0.490 e. The molecule has 0 saturated heterocycles. The number of hydrogen-bond donors (Lipinski definition) is 3. The molecule has 0 bridgehead atoms. The molecule has 0 aliphatic heterocycles. The zero-order valence-corrected chi connectivity index (χ0v) is 20.6. The second-order valence-electron chi connectivity index (χ2n) is 7.61. The Balaban J connectivity index is 1.74. The molecule has 0 aliphatic rings. The Morgan fingerprint density at radius 3 is 2.49 bits per heavy atom. The summed E-state index contributed by atoms with van der Waals surface area (Å²) in [5.41, 5.74) is 1.06. The molecule has 1 heterocycles. The maximum Gasteiger partial charge on any atom is 0.573 e. The predicted octanol–water partition coefficient (Wildman–Crippen LogP) is 4.10. The molecule has 2 aromatic carbocycles. The largest absolute Gasteiger partial charge is 0.573 e. The van der Waals surface area contributed by atoms with E-state index in [-0.39, 0.29) is 56.2 Å². The topological polar surface area (TPSA) is 107 Å². The van der Waals surface area contributed by atoms with Gasteiger partial charge in [-0.3, -0.25) is 9.36 Å². The minimum atomic E-state index is -4.81. The van der Waals surface area contributed by atoms with Gasteiger partial charge in [0.2, 0.25) is 0 Å². The van der Waals surface area contributed by atoms with Crippen molar-refractivity contribution in [3.63, 3.8) is 0 Å². The van der Waals surface area contributed by atoms with Crippen LogP contribution in [0.25, 0.3) is 0 Å². The number of anilines is 1. The fourth-order valence-corrected chi connectivity index (χ4v) is 3.41. The van der Waals surface area contributed by atoms with Gasteiger partial charge in [-0.05, 0) is 36.2 Å². The average molecular weight is 543 g/mol. The monoisotopic (exact) mass is 542 g/mol. The van der Waals surface area contributed by atoms with Crippen molar-refractivity contribution in [2.75, 3.05) is 38.7 Å². The quantitative estimate of drug-likeness (QED) is 0.279. The molecule has 37 heavy (non-hydrogen) atoms. The molecule has 9 nitrogen and oxygen atoms in total. The van der Waals surface area contributed by atoms with Crippen LogP contribution in [0.1, 0.15) is 22.5 Å². The summed E-state index contributed by atoms with van der Waals surface area (Å²) in [5, 5.41) is 15.2. The van der Waals surface area contributed by atoms with E-state index in [0.717, 1.165) is 17.7 Å². The summed E-state index contributed by atoms with van der Waals surface area (Å²) in [6.45, 7) is 0.406. The van der Waals surface area contributed by atoms with Crippen LogP contribution >= 0.6 is 11.6 Å². The summed E-state index contributed by atoms with van der Waals surface area (Å²) in [7, 11) is 1.61. The molecular weight excluding hydrogens is 517 g/mol. The lowest BCUT2D eigenvalue weighted by Gasteiger charge is -2.14. The van der Waals surface area contributed by atoms with Crippen LogP contribution in [0.2, 0.25) is 5.02 Å². The van der Waals surface area contributed by atoms with E-state index in [1.54, 1.807) is 35.9 Å². The summed E-state index contributed by atoms with van der Waals surface area (Å²) in [6, 6.07) is 12.3. The third kappa shape index (κ3) is 8.46. The van der Waals surface area contributed by atoms with Crippen molar-refractivity contribution in [2.24, 2.45) is 0 Å². The van der Waals surface area contributed by atoms with E-state index < -0.39 is 18.0 Å². The summed E-state index contributed by atoms with van der Waals surface area (Å²) in [4.78, 5) is 17.3. The second kappa shape index (κ2) is 13.1. The summed E-state index contributed by atoms with van der Waals surface area (Å²) < 4.78 is 54.1. The number of ether oxygens (including phenoxy) is 3. The molecule has 0 fully saturated rings. The number of aromatic nitrogens is 2. The van der Waals surface area contributed by atoms with E-state index in [1.165, 1.54) is 12.1 Å². The maximum absolute atomic E-state index is 12.9. The fourth-order valence-electron chi connectivity index (χ4n) is 3.28. The highest BCUT2D eigenvalue weighted by Crippen LogP contribution is 2.27. The van der Waals surface area contributed by atoms with E-state index in [1.807, 2.05) is 0 Å². The van der Waals surface area contributed by atoms with Crippen molar-refractivity contribution >= 4 is 23.3 Å². The molecule has 0 aliphatic carbocycles. The maximum atomic E-state index is 12.9. The Hall–Kier alpha value is -3.64. The first-order valence-electron chi connectivity index (χ1n) is 11.2. The number of carbonyl (C=O) groups is 1. The molecule has 0 spiro atoms. The normalized spacial score (nSPS) is 11.2. The Morgan fingerprint density at radius 2 is 1.81 bits per heavy atom. The molecular formula is C24H26ClF3N4O5. The summed E-state index contributed by atoms with van der Waals surface area (Å²) in [6.07, 6.45) is -4.42. The van der Waals surface area contributed by atoms with Gasteiger partial charge in [-0.15, -0.1) is 13.2 Å². The molecule has 3 N–H and O–H groups in total. The van der Waals surface area contributed by atoms with Gasteiger partial charge in [0.15, 0.2) is 11.5 Å². The van der Waals surface area contributed by atoms with Crippen molar-refractivity contribution in [1.29, 1.82) is 0 Å². The first kappa shape index (κ1) is 27.9. The van der Waals surface area contributed by atoms with Gasteiger partial charge in [0.1, 0.15) is 24.7 Å². The first-order valence-corrected chi connectivity index (χ1v) is 11.6. The van der Waals surface area contributed by atoms with E-state index in [0.29, 0.717) is 11.4 Å². The van der Waals surface area contributed by atoms with Gasteiger partial charge in [0.05, 0.1) is 6.54 Å². The first-order chi connectivity index (χ1) is 17.7. The zero-order chi connectivity index (χ0) is 26.8. The third-order valence-corrected chi connectivity index (χ3v) is 5.13. The van der Waals surface area contributed by atoms with Crippen molar-refractivity contribution < 1.29 is 37.3 Å². The lowest BCUT2D eigenvalue weighted by molar-refractivity contribution is -0.274. The number of halogens is 4. The highest BCUT2D eigenvalue weighted by molar-refractivity contribution is 6.30. The number of imidazole rings is 1. The van der Waals surface area contributed by atoms with Crippen molar-refractivity contribution in [3.8, 4) is 17.5 Å². The number of nitrogens with one attached hydrogen (secondary N) is 2. The van der Waals surface area contributed by atoms with Crippen molar-refractivity contribution in [1.82, 2.24) is 14.9 Å². The number of nitrogens with zero attached hydrogens (tertiary/aromatic N) is 2. The Labute approximate surface area is 216 Å². The fraction of sp³-hybridized carbons (Fsp3) is 0.333. The van der Waals surface area contributed by atoms with Gasteiger partial charge in [0, 0.05) is 31.3 Å². The minimum absolute atomic E-state index is 0.0172. The SMILES string of the molecule is CNc1nc(OCCOc2cccc(OC(F)(F)F)c2)n(Cc2ccc(Cl)cc2)c1C(=O)NCCCO. The second-order valence-corrected chi connectivity index (χ2v) is 8.04. The lowest BCUT2D eigenvalue weighted by Crippen LogP contribution is -2.28. The van der Waals surface area contributed by atoms with Gasteiger partial charge < -0.3 is 30.0 Å². The van der Waals surface area contributed by atoms with E-state index >= 15 is 0 Å². The molecule has 200 valence electrons. The Morgan fingerprint density at radius 1 is 1.11 bits per heavy atom. The molecule has 0 saturated carbocycles. The third-order valence-electron chi connectivity index (χ3n) is 4.88. The number of rotatable bonds is 13. The van der Waals surface area contributed by atoms with Crippen LogP contribution in [0, 0.1) is 0 Å². The number of benzene rings is 2. The van der Waals surface area contributed by atoms with E-state index in [4.69, 9.17) is 26.2 Å². The molecule has 3 rings (SSSR count). The van der Waals surface area contributed by atoms with Gasteiger partial charge in [0.25, 0.3) is 11.9 Å². The lowest BCUT2D eigenvalue weighted by atomic mass is 10.2. The highest BCUT2D eigenvalue weighted by atomic mass is 35.5. The molecule has 1 aromatic heterocycles. The summed E-state index contributed by atoms with van der Waals surface area (Å²) in [5.74, 6) is -0.370. The highest BCUT2D eigenvalue weighted by Gasteiger charge is 2.31. The summed E-state index contributed by atoms with van der Waals surface area (Å²) >= 11 is 5.99. The smallest absolute Gasteiger partial charge is 0.490 e. The van der Waals surface area contributed by atoms with Crippen LogP contribution in [0.15, 0.2) is 48.5 Å². The van der Waals surface area contributed by atoms with Gasteiger partial charge in [-0.2, -0.15) is 4.98 Å². The number of carbonyl (C=O) groups excluding carboxylic acids is 1. The van der Waals surface area contributed by atoms with Crippen LogP contribution in [-0.4, -0.2) is 60.3 Å². The van der Waals surface area contributed by atoms with Crippen LogP contribution in [0.4, 0.5) is 19.0 Å². The predicted molar refractivity (Wildman–Crippen MR) is 130 cm³/mol. The molecule has 0 radical (unpaired) electrons. The standard InChI is InChI=1S/C24H26ClF3N4O5/c1-29-21-20(22(34)30-10-3-11-33)32(15-16-6-8-17(25)9-7-16)23(31-21)36-13-12-35-18-4-2-5-19(14-18)37-24(26,27)28/h2,4-9,14,29,33H,3,10-13,15H2,1H3,(H,30,34). The number of alkyl halides is 3.